The number of hydrogen-bond acceptors (Lipinski definition) is 7. The second-order valence-electron chi connectivity index (χ2n) is 10.8. The number of rotatable bonds is 25. The van der Waals surface area contributed by atoms with Crippen LogP contribution in [0.15, 0.2) is 0 Å². The molecule has 220 valence electrons. The van der Waals surface area contributed by atoms with Crippen LogP contribution in [-0.4, -0.2) is 74.9 Å². The van der Waals surface area contributed by atoms with Crippen LogP contribution in [-0.2, 0) is 32.7 Å². The first-order chi connectivity index (χ1) is 17.5. The topological polar surface area (TPSA) is 108 Å². The highest BCUT2D eigenvalue weighted by atomic mass is 31.2. The predicted octanol–water partition coefficient (Wildman–Crippen LogP) is 6.17. The van der Waals surface area contributed by atoms with Gasteiger partial charge in [0.2, 0.25) is 0 Å². The van der Waals surface area contributed by atoms with Gasteiger partial charge in [-0.25, -0.2) is 4.57 Å². The van der Waals surface area contributed by atoms with E-state index in [4.69, 9.17) is 18.5 Å². The minimum atomic E-state index is -4.34. The second-order valence-corrected chi connectivity index (χ2v) is 12.2. The highest BCUT2D eigenvalue weighted by Crippen LogP contribution is 2.43. The van der Waals surface area contributed by atoms with Gasteiger partial charge in [0.25, 0.3) is 0 Å². The molecule has 0 amide bonds. The van der Waals surface area contributed by atoms with Crippen molar-refractivity contribution in [3.63, 3.8) is 0 Å². The van der Waals surface area contributed by atoms with Crippen molar-refractivity contribution in [1.82, 2.24) is 0 Å². The van der Waals surface area contributed by atoms with Gasteiger partial charge in [-0.1, -0.05) is 84.5 Å². The first-order valence-corrected chi connectivity index (χ1v) is 15.8. The first kappa shape index (κ1) is 36.0. The van der Waals surface area contributed by atoms with Crippen LogP contribution >= 0.6 is 7.82 Å². The van der Waals surface area contributed by atoms with Gasteiger partial charge in [0, 0.05) is 12.8 Å². The highest BCUT2D eigenvalue weighted by Gasteiger charge is 2.27. The summed E-state index contributed by atoms with van der Waals surface area (Å²) >= 11 is 0. The lowest BCUT2D eigenvalue weighted by Crippen LogP contribution is -2.37. The number of phosphoric acid groups is 1. The van der Waals surface area contributed by atoms with Crippen molar-refractivity contribution in [2.24, 2.45) is 0 Å². The molecule has 0 saturated heterocycles. The summed E-state index contributed by atoms with van der Waals surface area (Å²) in [7, 11) is 1.48. The van der Waals surface area contributed by atoms with Gasteiger partial charge in [0.05, 0.1) is 27.7 Å². The van der Waals surface area contributed by atoms with Crippen LogP contribution in [0.1, 0.15) is 110 Å². The molecule has 10 heteroatoms. The van der Waals surface area contributed by atoms with Crippen molar-refractivity contribution < 1.29 is 42.1 Å². The van der Waals surface area contributed by atoms with Crippen LogP contribution in [0, 0.1) is 0 Å². The lowest BCUT2D eigenvalue weighted by Gasteiger charge is -2.24. The maximum atomic E-state index is 12.4. The number of hydrogen-bond donors (Lipinski definition) is 1. The summed E-state index contributed by atoms with van der Waals surface area (Å²) < 4.78 is 33.6. The molecule has 0 aliphatic rings. The van der Waals surface area contributed by atoms with Crippen LogP contribution in [0.4, 0.5) is 0 Å². The van der Waals surface area contributed by atoms with Crippen LogP contribution in [0.5, 0.6) is 0 Å². The maximum Gasteiger partial charge on any atom is 0.472 e. The molecule has 0 radical (unpaired) electrons. The zero-order valence-corrected chi connectivity index (χ0v) is 25.1. The number of esters is 2. The van der Waals surface area contributed by atoms with Crippen molar-refractivity contribution in [2.45, 2.75) is 116 Å². The van der Waals surface area contributed by atoms with E-state index in [1.165, 1.54) is 32.1 Å². The predicted molar refractivity (Wildman–Crippen MR) is 146 cm³/mol. The van der Waals surface area contributed by atoms with E-state index >= 15 is 0 Å². The number of unbranched alkanes of at least 4 members (excludes halogenated alkanes) is 11. The monoisotopic (exact) mass is 552 g/mol. The fourth-order valence-electron chi connectivity index (χ4n) is 3.54. The van der Waals surface area contributed by atoms with Gasteiger partial charge >= 0.3 is 19.8 Å². The van der Waals surface area contributed by atoms with E-state index in [0.717, 1.165) is 44.9 Å². The molecule has 1 N–H and O–H groups in total. The molecule has 0 aromatic heterocycles. The Morgan fingerprint density at radius 2 is 1.22 bits per heavy atom. The minimum Gasteiger partial charge on any atom is -0.462 e. The molecule has 0 aromatic rings. The first-order valence-electron chi connectivity index (χ1n) is 14.3. The largest absolute Gasteiger partial charge is 0.472 e. The van der Waals surface area contributed by atoms with Gasteiger partial charge < -0.3 is 18.9 Å². The Labute approximate surface area is 225 Å². The quantitative estimate of drug-likeness (QED) is 0.0620. The molecule has 1 unspecified atom stereocenters. The third-order valence-electron chi connectivity index (χ3n) is 5.89. The van der Waals surface area contributed by atoms with Crippen molar-refractivity contribution in [3.05, 3.63) is 0 Å². The fraction of sp³-hybridized carbons (Fsp3) is 0.926. The number of likely N-dealkylation sites (N-methyl/N-ethyl adjacent to an activating group) is 1. The summed E-state index contributed by atoms with van der Waals surface area (Å²) in [4.78, 5) is 34.5. The van der Waals surface area contributed by atoms with Crippen molar-refractivity contribution >= 4 is 19.8 Å². The molecule has 37 heavy (non-hydrogen) atoms. The van der Waals surface area contributed by atoms with Crippen molar-refractivity contribution in [3.8, 4) is 0 Å². The van der Waals surface area contributed by atoms with Gasteiger partial charge in [-0.3, -0.25) is 18.6 Å². The van der Waals surface area contributed by atoms with Crippen LogP contribution in [0.3, 0.4) is 0 Å². The average Bonchev–Trinajstić information content (AvgIpc) is 2.81. The minimum absolute atomic E-state index is 0.0349. The highest BCUT2D eigenvalue weighted by molar-refractivity contribution is 7.47. The third-order valence-corrected chi connectivity index (χ3v) is 6.87. The van der Waals surface area contributed by atoms with E-state index in [1.54, 1.807) is 0 Å². The second kappa shape index (κ2) is 21.9. The Bertz CT molecular complexity index is 638. The molecule has 2 atom stereocenters. The lowest BCUT2D eigenvalue weighted by molar-refractivity contribution is -0.870. The number of ether oxygens (including phenoxy) is 2. The molecular formula is C27H55NO8P+. The zero-order valence-electron chi connectivity index (χ0n) is 24.2. The van der Waals surface area contributed by atoms with Gasteiger partial charge in [-0.15, -0.1) is 0 Å². The molecule has 0 bridgehead atoms. The molecule has 9 nitrogen and oxygen atoms in total. The van der Waals surface area contributed by atoms with E-state index < -0.39 is 26.5 Å². The number of carbonyl (C=O) groups excluding carboxylic acids is 2. The van der Waals surface area contributed by atoms with Crippen molar-refractivity contribution in [1.29, 1.82) is 0 Å². The van der Waals surface area contributed by atoms with Gasteiger partial charge in [0.15, 0.2) is 6.10 Å². The van der Waals surface area contributed by atoms with E-state index in [1.807, 2.05) is 21.1 Å². The van der Waals surface area contributed by atoms with E-state index in [9.17, 15) is 19.0 Å². The maximum absolute atomic E-state index is 12.4. The van der Waals surface area contributed by atoms with Gasteiger partial charge in [-0.2, -0.15) is 0 Å². The zero-order chi connectivity index (χ0) is 28.0. The Hall–Kier alpha value is -0.990. The van der Waals surface area contributed by atoms with E-state index in [-0.39, 0.29) is 32.0 Å². The standard InChI is InChI=1S/C27H54NO8P/c1-6-8-10-12-13-14-16-18-20-27(30)36-25(23-33-26(29)19-17-15-11-9-7-2)24-35-37(31,32)34-22-21-28(3,4)5/h25H,6-24H2,1-5H3/p+1/t25-/m0/s1. The summed E-state index contributed by atoms with van der Waals surface area (Å²) in [6.45, 7) is 4.25. The Morgan fingerprint density at radius 1 is 0.730 bits per heavy atom. The smallest absolute Gasteiger partial charge is 0.462 e. The summed E-state index contributed by atoms with van der Waals surface area (Å²) in [5, 5.41) is 0. The fourth-order valence-corrected chi connectivity index (χ4v) is 4.28. The summed E-state index contributed by atoms with van der Waals surface area (Å²) in [5.74, 6) is -0.819. The molecule has 0 aliphatic heterocycles. The molecule has 0 rings (SSSR count). The molecular weight excluding hydrogens is 497 g/mol. The number of quaternary nitrogens is 1. The summed E-state index contributed by atoms with van der Waals surface area (Å²) in [5.41, 5.74) is 0. The Morgan fingerprint density at radius 3 is 1.73 bits per heavy atom. The third kappa shape index (κ3) is 25.1. The molecule has 0 aliphatic carbocycles. The molecule has 0 saturated carbocycles. The SMILES string of the molecule is CCCCCCCCCCC(=O)O[C@@H](COC(=O)CCCCCCC)COP(=O)(O)OCC[N+](C)(C)C. The van der Waals surface area contributed by atoms with Gasteiger partial charge in [0.1, 0.15) is 19.8 Å². The number of phosphoric ester groups is 1. The Balaban J connectivity index is 4.58. The molecule has 0 heterocycles. The van der Waals surface area contributed by atoms with Gasteiger partial charge in [-0.05, 0) is 12.8 Å². The lowest BCUT2D eigenvalue weighted by atomic mass is 10.1. The van der Waals surface area contributed by atoms with E-state index in [0.29, 0.717) is 17.4 Å². The van der Waals surface area contributed by atoms with Crippen LogP contribution in [0.2, 0.25) is 0 Å². The summed E-state index contributed by atoms with van der Waals surface area (Å²) in [6, 6.07) is 0. The normalized spacial score (nSPS) is 14.2. The van der Waals surface area contributed by atoms with E-state index in [2.05, 4.69) is 13.8 Å². The molecule has 0 aromatic carbocycles. The average molecular weight is 553 g/mol. The number of nitrogens with zero attached hydrogens (tertiary/aromatic N) is 1. The number of carbonyl (C=O) groups is 2. The van der Waals surface area contributed by atoms with Crippen LogP contribution < -0.4 is 0 Å². The summed E-state index contributed by atoms with van der Waals surface area (Å²) in [6.07, 6.45) is 13.5. The molecule has 0 spiro atoms. The molecule has 0 fully saturated rings. The van der Waals surface area contributed by atoms with Crippen molar-refractivity contribution in [2.75, 3.05) is 47.5 Å². The van der Waals surface area contributed by atoms with Crippen LogP contribution in [0.25, 0.3) is 0 Å². The Kier molecular flexibility index (Phi) is 21.3.